The molecule has 0 saturated heterocycles. The molecule has 3 nitrogen and oxygen atoms in total. The molecule has 0 aromatic carbocycles. The van der Waals surface area contributed by atoms with Gasteiger partial charge in [0.1, 0.15) is 5.15 Å². The highest BCUT2D eigenvalue weighted by Crippen LogP contribution is 2.22. The molecule has 6 heteroatoms. The first-order chi connectivity index (χ1) is 7.54. The van der Waals surface area contributed by atoms with E-state index in [9.17, 15) is 13.6 Å². The molecule has 0 fully saturated rings. The van der Waals surface area contributed by atoms with E-state index < -0.39 is 12.4 Å². The topological polar surface area (TPSA) is 39.2 Å². The smallest absolute Gasteiger partial charge is 0.310 e. The summed E-state index contributed by atoms with van der Waals surface area (Å²) >= 11 is 5.68. The van der Waals surface area contributed by atoms with Gasteiger partial charge in [-0.25, -0.2) is 13.8 Å². The quantitative estimate of drug-likeness (QED) is 0.608. The number of hydrogen-bond acceptors (Lipinski definition) is 3. The molecule has 1 heterocycles. The second kappa shape index (κ2) is 5.75. The largest absolute Gasteiger partial charge is 0.466 e. The molecular weight excluding hydrogens is 240 g/mol. The standard InChI is InChI=1S/C10H10ClF2NO2/c1-2-16-8(15)4-6-3-7(10(12)13)5-14-9(6)11/h3,5,10H,2,4H2,1H3. The second-order valence-electron chi connectivity index (χ2n) is 3.00. The first-order valence-electron chi connectivity index (χ1n) is 4.62. The summed E-state index contributed by atoms with van der Waals surface area (Å²) in [4.78, 5) is 14.7. The van der Waals surface area contributed by atoms with Gasteiger partial charge in [-0.15, -0.1) is 0 Å². The van der Waals surface area contributed by atoms with Crippen molar-refractivity contribution in [3.63, 3.8) is 0 Å². The van der Waals surface area contributed by atoms with E-state index in [1.54, 1.807) is 6.92 Å². The van der Waals surface area contributed by atoms with Crippen molar-refractivity contribution in [1.82, 2.24) is 4.98 Å². The summed E-state index contributed by atoms with van der Waals surface area (Å²) in [6.07, 6.45) is -1.80. The van der Waals surface area contributed by atoms with Crippen molar-refractivity contribution in [3.05, 3.63) is 28.5 Å². The number of pyridine rings is 1. The Morgan fingerprint density at radius 2 is 2.31 bits per heavy atom. The maximum absolute atomic E-state index is 12.4. The van der Waals surface area contributed by atoms with Crippen LogP contribution in [0, 0.1) is 0 Å². The Labute approximate surface area is 96.4 Å². The molecule has 0 unspecified atom stereocenters. The van der Waals surface area contributed by atoms with E-state index >= 15 is 0 Å². The van der Waals surface area contributed by atoms with Crippen LogP contribution in [-0.4, -0.2) is 17.6 Å². The number of hydrogen-bond donors (Lipinski definition) is 0. The number of rotatable bonds is 4. The SMILES string of the molecule is CCOC(=O)Cc1cc(C(F)F)cnc1Cl. The Morgan fingerprint density at radius 3 is 2.88 bits per heavy atom. The molecule has 0 spiro atoms. The molecule has 0 saturated carbocycles. The predicted octanol–water partition coefficient (Wildman–Crippen LogP) is 2.78. The fourth-order valence-electron chi connectivity index (χ4n) is 1.12. The third-order valence-electron chi connectivity index (χ3n) is 1.82. The highest BCUT2D eigenvalue weighted by molar-refractivity contribution is 6.30. The lowest BCUT2D eigenvalue weighted by Crippen LogP contribution is -2.08. The van der Waals surface area contributed by atoms with Crippen molar-refractivity contribution in [2.24, 2.45) is 0 Å². The zero-order valence-corrected chi connectivity index (χ0v) is 9.30. The Morgan fingerprint density at radius 1 is 1.62 bits per heavy atom. The fraction of sp³-hybridized carbons (Fsp3) is 0.400. The lowest BCUT2D eigenvalue weighted by molar-refractivity contribution is -0.142. The minimum atomic E-state index is -2.63. The van der Waals surface area contributed by atoms with Crippen LogP contribution >= 0.6 is 11.6 Å². The highest BCUT2D eigenvalue weighted by Gasteiger charge is 2.13. The van der Waals surface area contributed by atoms with Crippen molar-refractivity contribution >= 4 is 17.6 Å². The molecule has 0 atom stereocenters. The summed E-state index contributed by atoms with van der Waals surface area (Å²) in [7, 11) is 0. The molecule has 1 aromatic heterocycles. The van der Waals surface area contributed by atoms with E-state index in [0.29, 0.717) is 0 Å². The van der Waals surface area contributed by atoms with Crippen LogP contribution in [0.1, 0.15) is 24.5 Å². The van der Waals surface area contributed by atoms with Gasteiger partial charge in [0.25, 0.3) is 6.43 Å². The summed E-state index contributed by atoms with van der Waals surface area (Å²) < 4.78 is 29.4. The van der Waals surface area contributed by atoms with E-state index in [4.69, 9.17) is 11.6 Å². The van der Waals surface area contributed by atoms with Crippen molar-refractivity contribution in [2.75, 3.05) is 6.61 Å². The molecule has 0 aliphatic carbocycles. The summed E-state index contributed by atoms with van der Waals surface area (Å²) in [5, 5.41) is 0.0393. The van der Waals surface area contributed by atoms with Crippen LogP contribution < -0.4 is 0 Å². The van der Waals surface area contributed by atoms with Gasteiger partial charge >= 0.3 is 5.97 Å². The molecule has 1 rings (SSSR count). The molecular formula is C10H10ClF2NO2. The van der Waals surface area contributed by atoms with Crippen LogP contribution in [0.15, 0.2) is 12.3 Å². The van der Waals surface area contributed by atoms with Gasteiger partial charge in [0, 0.05) is 17.3 Å². The maximum Gasteiger partial charge on any atom is 0.310 e. The number of halogens is 3. The van der Waals surface area contributed by atoms with Gasteiger partial charge < -0.3 is 4.74 Å². The highest BCUT2D eigenvalue weighted by atomic mass is 35.5. The summed E-state index contributed by atoms with van der Waals surface area (Å²) in [5.74, 6) is -0.516. The van der Waals surface area contributed by atoms with Crippen LogP contribution in [0.4, 0.5) is 8.78 Å². The van der Waals surface area contributed by atoms with E-state index in [0.717, 1.165) is 12.3 Å². The van der Waals surface area contributed by atoms with Gasteiger partial charge in [-0.3, -0.25) is 4.79 Å². The van der Waals surface area contributed by atoms with Gasteiger partial charge in [0.05, 0.1) is 13.0 Å². The Hall–Kier alpha value is -1.23. The fourth-order valence-corrected chi connectivity index (χ4v) is 1.29. The number of ether oxygens (including phenoxy) is 1. The number of esters is 1. The van der Waals surface area contributed by atoms with Crippen LogP contribution in [0.5, 0.6) is 0 Å². The Balaban J connectivity index is 2.86. The number of aromatic nitrogens is 1. The molecule has 0 aliphatic rings. The van der Waals surface area contributed by atoms with Crippen molar-refractivity contribution in [3.8, 4) is 0 Å². The Bertz CT molecular complexity index is 385. The number of nitrogens with zero attached hydrogens (tertiary/aromatic N) is 1. The van der Waals surface area contributed by atoms with Crippen molar-refractivity contribution in [2.45, 2.75) is 19.8 Å². The minimum absolute atomic E-state index is 0.0393. The summed E-state index contributed by atoms with van der Waals surface area (Å²) in [6.45, 7) is 1.89. The molecule has 0 radical (unpaired) electrons. The maximum atomic E-state index is 12.4. The van der Waals surface area contributed by atoms with E-state index in [-0.39, 0.29) is 29.3 Å². The van der Waals surface area contributed by atoms with Gasteiger partial charge in [0.2, 0.25) is 0 Å². The van der Waals surface area contributed by atoms with Crippen molar-refractivity contribution in [1.29, 1.82) is 0 Å². The zero-order valence-electron chi connectivity index (χ0n) is 8.54. The normalized spacial score (nSPS) is 10.6. The first-order valence-corrected chi connectivity index (χ1v) is 5.00. The number of carbonyl (C=O) groups excluding carboxylic acids is 1. The van der Waals surface area contributed by atoms with Crippen LogP contribution in [0.25, 0.3) is 0 Å². The minimum Gasteiger partial charge on any atom is -0.466 e. The molecule has 0 aliphatic heterocycles. The van der Waals surface area contributed by atoms with Gasteiger partial charge in [-0.2, -0.15) is 0 Å². The molecule has 0 amide bonds. The van der Waals surface area contributed by atoms with Crippen LogP contribution in [0.3, 0.4) is 0 Å². The average Bonchev–Trinajstić information content (AvgIpc) is 2.21. The molecule has 1 aromatic rings. The van der Waals surface area contributed by atoms with Crippen LogP contribution in [0.2, 0.25) is 5.15 Å². The van der Waals surface area contributed by atoms with Crippen molar-refractivity contribution < 1.29 is 18.3 Å². The van der Waals surface area contributed by atoms with E-state index in [1.165, 1.54) is 0 Å². The predicted molar refractivity (Wildman–Crippen MR) is 54.5 cm³/mol. The average molecular weight is 250 g/mol. The lowest BCUT2D eigenvalue weighted by atomic mass is 10.1. The third-order valence-corrected chi connectivity index (χ3v) is 2.17. The first kappa shape index (κ1) is 12.8. The van der Waals surface area contributed by atoms with Gasteiger partial charge in [-0.05, 0) is 13.0 Å². The second-order valence-corrected chi connectivity index (χ2v) is 3.36. The monoisotopic (exact) mass is 249 g/mol. The van der Waals surface area contributed by atoms with E-state index in [2.05, 4.69) is 9.72 Å². The molecule has 0 bridgehead atoms. The van der Waals surface area contributed by atoms with Crippen LogP contribution in [-0.2, 0) is 16.0 Å². The zero-order chi connectivity index (χ0) is 12.1. The lowest BCUT2D eigenvalue weighted by Gasteiger charge is -2.06. The van der Waals surface area contributed by atoms with Gasteiger partial charge in [-0.1, -0.05) is 11.6 Å². The van der Waals surface area contributed by atoms with E-state index in [1.807, 2.05) is 0 Å². The van der Waals surface area contributed by atoms with Gasteiger partial charge in [0.15, 0.2) is 0 Å². The molecule has 16 heavy (non-hydrogen) atoms. The molecule has 88 valence electrons. The Kier molecular flexibility index (Phi) is 4.61. The third kappa shape index (κ3) is 3.41. The number of alkyl halides is 2. The summed E-state index contributed by atoms with van der Waals surface area (Å²) in [6, 6.07) is 1.16. The number of carbonyl (C=O) groups is 1. The summed E-state index contributed by atoms with van der Waals surface area (Å²) in [5.41, 5.74) is -0.0124. The molecule has 0 N–H and O–H groups in total.